The maximum Gasteiger partial charge on any atom is 0.254 e. The molecule has 3 heterocycles. The summed E-state index contributed by atoms with van der Waals surface area (Å²) < 4.78 is 32.1. The summed E-state index contributed by atoms with van der Waals surface area (Å²) in [5, 5.41) is 1.73. The summed E-state index contributed by atoms with van der Waals surface area (Å²) >= 11 is 2.66. The Labute approximate surface area is 132 Å². The Morgan fingerprint density at radius 3 is 2.76 bits per heavy atom. The predicted octanol–water partition coefficient (Wildman–Crippen LogP) is 0.671. The Kier molecular flexibility index (Phi) is 4.55. The lowest BCUT2D eigenvalue weighted by atomic mass is 10.2. The molecule has 1 atom stereocenters. The van der Waals surface area contributed by atoms with Gasteiger partial charge in [-0.15, -0.1) is 23.1 Å². The molecule has 6 nitrogen and oxygen atoms in total. The average Bonchev–Trinajstić information content (AvgIpc) is 3.19. The molecule has 0 saturated carbocycles. The molecule has 116 valence electrons. The first kappa shape index (κ1) is 15.3. The normalized spacial score (nSPS) is 24.4. The van der Waals surface area contributed by atoms with Crippen molar-refractivity contribution in [3.8, 4) is 0 Å². The van der Waals surface area contributed by atoms with Crippen molar-refractivity contribution in [1.82, 2.24) is 9.21 Å². The maximum atomic E-state index is 12.6. The van der Waals surface area contributed by atoms with E-state index in [9.17, 15) is 13.2 Å². The molecule has 0 unspecified atom stereocenters. The number of morpholine rings is 1. The van der Waals surface area contributed by atoms with Gasteiger partial charge < -0.3 is 9.64 Å². The van der Waals surface area contributed by atoms with Crippen molar-refractivity contribution in [2.45, 2.75) is 10.3 Å². The largest absolute Gasteiger partial charge is 0.378 e. The Morgan fingerprint density at radius 1 is 1.33 bits per heavy atom. The molecule has 9 heteroatoms. The monoisotopic (exact) mass is 348 g/mol. The van der Waals surface area contributed by atoms with Crippen molar-refractivity contribution >= 4 is 39.0 Å². The fraction of sp³-hybridized carbons (Fsp3) is 0.583. The van der Waals surface area contributed by atoms with Gasteiger partial charge in [0, 0.05) is 18.8 Å². The highest BCUT2D eigenvalue weighted by Gasteiger charge is 2.42. The van der Waals surface area contributed by atoms with Gasteiger partial charge in [0.1, 0.15) is 10.3 Å². The summed E-state index contributed by atoms with van der Waals surface area (Å²) in [6.45, 7) is 2.10. The van der Waals surface area contributed by atoms with Crippen molar-refractivity contribution in [3.63, 3.8) is 0 Å². The topological polar surface area (TPSA) is 66.9 Å². The quantitative estimate of drug-likeness (QED) is 0.803. The van der Waals surface area contributed by atoms with E-state index in [4.69, 9.17) is 4.74 Å². The predicted molar refractivity (Wildman–Crippen MR) is 81.9 cm³/mol. The molecule has 0 spiro atoms. The third-order valence-corrected chi connectivity index (χ3v) is 7.91. The minimum atomic E-state index is -3.58. The van der Waals surface area contributed by atoms with Gasteiger partial charge in [0.25, 0.3) is 10.0 Å². The fourth-order valence-corrected chi connectivity index (χ4v) is 6.63. The highest BCUT2D eigenvalue weighted by atomic mass is 32.2. The molecule has 1 aromatic heterocycles. The van der Waals surface area contributed by atoms with E-state index in [1.54, 1.807) is 22.4 Å². The highest BCUT2D eigenvalue weighted by molar-refractivity contribution is 8.01. The molecule has 0 N–H and O–H groups in total. The Balaban J connectivity index is 1.81. The Morgan fingerprint density at radius 2 is 2.10 bits per heavy atom. The number of amides is 1. The van der Waals surface area contributed by atoms with E-state index in [-0.39, 0.29) is 5.91 Å². The van der Waals surface area contributed by atoms with Gasteiger partial charge in [-0.3, -0.25) is 4.79 Å². The number of thioether (sulfide) groups is 1. The van der Waals surface area contributed by atoms with Gasteiger partial charge in [0.2, 0.25) is 5.91 Å². The summed E-state index contributed by atoms with van der Waals surface area (Å²) in [4.78, 5) is 14.3. The second kappa shape index (κ2) is 6.25. The summed E-state index contributed by atoms with van der Waals surface area (Å²) in [7, 11) is -3.58. The van der Waals surface area contributed by atoms with Crippen LogP contribution in [0.4, 0.5) is 0 Å². The number of carbonyl (C=O) groups is 1. The van der Waals surface area contributed by atoms with Crippen LogP contribution in [0.5, 0.6) is 0 Å². The minimum Gasteiger partial charge on any atom is -0.378 e. The van der Waals surface area contributed by atoms with Crippen LogP contribution in [-0.4, -0.2) is 67.5 Å². The van der Waals surface area contributed by atoms with Crippen LogP contribution in [0.1, 0.15) is 0 Å². The second-order valence-electron chi connectivity index (χ2n) is 4.78. The smallest absolute Gasteiger partial charge is 0.254 e. The van der Waals surface area contributed by atoms with Gasteiger partial charge >= 0.3 is 0 Å². The van der Waals surface area contributed by atoms with Gasteiger partial charge in [-0.1, -0.05) is 6.07 Å². The van der Waals surface area contributed by atoms with E-state index in [1.165, 1.54) is 27.4 Å². The molecule has 0 aliphatic carbocycles. The summed E-state index contributed by atoms with van der Waals surface area (Å²) in [5.74, 6) is 0.741. The van der Waals surface area contributed by atoms with Crippen LogP contribution in [0.15, 0.2) is 21.7 Å². The Bertz CT molecular complexity index is 596. The molecular weight excluding hydrogens is 332 g/mol. The van der Waals surface area contributed by atoms with Crippen LogP contribution >= 0.6 is 23.1 Å². The summed E-state index contributed by atoms with van der Waals surface area (Å²) in [6.07, 6.45) is 0. The first-order valence-electron chi connectivity index (χ1n) is 6.60. The number of nitrogens with zero attached hydrogens (tertiary/aromatic N) is 2. The summed E-state index contributed by atoms with van der Waals surface area (Å²) in [5.41, 5.74) is 0. The van der Waals surface area contributed by atoms with Crippen molar-refractivity contribution in [3.05, 3.63) is 17.5 Å². The van der Waals surface area contributed by atoms with E-state index in [1.807, 2.05) is 0 Å². The number of hydrogen-bond donors (Lipinski definition) is 0. The zero-order valence-corrected chi connectivity index (χ0v) is 13.8. The van der Waals surface area contributed by atoms with Crippen molar-refractivity contribution in [2.24, 2.45) is 0 Å². The lowest BCUT2D eigenvalue weighted by Gasteiger charge is -2.31. The third-order valence-electron chi connectivity index (χ3n) is 3.51. The van der Waals surface area contributed by atoms with E-state index in [0.717, 1.165) is 0 Å². The van der Waals surface area contributed by atoms with Gasteiger partial charge in [-0.05, 0) is 11.4 Å². The SMILES string of the molecule is O=C([C@@H]1CSCN1S(=O)(=O)c1cccs1)N1CCOCC1. The van der Waals surface area contributed by atoms with Crippen molar-refractivity contribution in [1.29, 1.82) is 0 Å². The van der Waals surface area contributed by atoms with Crippen LogP contribution in [0.2, 0.25) is 0 Å². The number of thiophene rings is 1. The minimum absolute atomic E-state index is 0.108. The van der Waals surface area contributed by atoms with Crippen molar-refractivity contribution in [2.75, 3.05) is 37.9 Å². The van der Waals surface area contributed by atoms with Crippen molar-refractivity contribution < 1.29 is 17.9 Å². The molecule has 2 aliphatic rings. The molecule has 21 heavy (non-hydrogen) atoms. The van der Waals surface area contributed by atoms with Gasteiger partial charge in [-0.25, -0.2) is 8.42 Å². The van der Waals surface area contributed by atoms with Crippen LogP contribution in [0.3, 0.4) is 0 Å². The standard InChI is InChI=1S/C12H16N2O4S3/c15-12(13-3-5-18-6-4-13)10-8-19-9-14(10)21(16,17)11-2-1-7-20-11/h1-2,7,10H,3-6,8-9H2/t10-/m0/s1. The lowest BCUT2D eigenvalue weighted by Crippen LogP contribution is -2.51. The molecule has 2 saturated heterocycles. The maximum absolute atomic E-state index is 12.6. The van der Waals surface area contributed by atoms with E-state index in [2.05, 4.69) is 0 Å². The number of carbonyl (C=O) groups excluding carboxylic acids is 1. The number of hydrogen-bond acceptors (Lipinski definition) is 6. The molecular formula is C12H16N2O4S3. The molecule has 1 aromatic rings. The van der Waals surface area contributed by atoms with E-state index >= 15 is 0 Å². The number of rotatable bonds is 3. The number of sulfonamides is 1. The molecule has 2 aliphatic heterocycles. The van der Waals surface area contributed by atoms with Crippen LogP contribution < -0.4 is 0 Å². The van der Waals surface area contributed by atoms with Crippen LogP contribution in [0, 0.1) is 0 Å². The molecule has 0 aromatic carbocycles. The second-order valence-corrected chi connectivity index (χ2v) is 8.84. The van der Waals surface area contributed by atoms with Gasteiger partial charge in [0.05, 0.1) is 19.1 Å². The van der Waals surface area contributed by atoms with Crippen LogP contribution in [0.25, 0.3) is 0 Å². The highest BCUT2D eigenvalue weighted by Crippen LogP contribution is 2.31. The Hall–Kier alpha value is -0.610. The molecule has 0 radical (unpaired) electrons. The molecule has 3 rings (SSSR count). The number of ether oxygens (including phenoxy) is 1. The summed E-state index contributed by atoms with van der Waals surface area (Å²) in [6, 6.07) is 2.69. The van der Waals surface area contributed by atoms with E-state index < -0.39 is 16.1 Å². The first-order chi connectivity index (χ1) is 10.1. The van der Waals surface area contributed by atoms with E-state index in [0.29, 0.717) is 42.1 Å². The fourth-order valence-electron chi connectivity index (χ4n) is 2.38. The van der Waals surface area contributed by atoms with Gasteiger partial charge in [0.15, 0.2) is 0 Å². The van der Waals surface area contributed by atoms with Crippen LogP contribution in [-0.2, 0) is 19.6 Å². The lowest BCUT2D eigenvalue weighted by molar-refractivity contribution is -0.138. The first-order valence-corrected chi connectivity index (χ1v) is 10.1. The molecule has 1 amide bonds. The third kappa shape index (κ3) is 2.98. The molecule has 0 bridgehead atoms. The average molecular weight is 348 g/mol. The van der Waals surface area contributed by atoms with Gasteiger partial charge in [-0.2, -0.15) is 4.31 Å². The molecule has 2 fully saturated rings. The zero-order valence-electron chi connectivity index (χ0n) is 11.3. The zero-order chi connectivity index (χ0) is 14.9.